The van der Waals surface area contributed by atoms with Crippen LogP contribution in [0, 0.1) is 0 Å². The van der Waals surface area contributed by atoms with Crippen molar-refractivity contribution in [1.29, 1.82) is 0 Å². The molecule has 0 saturated carbocycles. The summed E-state index contributed by atoms with van der Waals surface area (Å²) in [5, 5.41) is 0. The second kappa shape index (κ2) is 6.69. The molecule has 0 amide bonds. The van der Waals surface area contributed by atoms with E-state index in [1.54, 1.807) is 0 Å². The van der Waals surface area contributed by atoms with E-state index in [-0.39, 0.29) is 0 Å². The molecule has 1 aliphatic rings. The number of nitrogens with zero attached hydrogens (tertiary/aromatic N) is 1. The highest BCUT2D eigenvalue weighted by atomic mass is 79.9. The third kappa shape index (κ3) is 3.45. The molecule has 1 aliphatic heterocycles. The Morgan fingerprint density at radius 3 is 2.86 bits per heavy atom. The Morgan fingerprint density at radius 1 is 1.24 bits per heavy atom. The van der Waals surface area contributed by atoms with Gasteiger partial charge < -0.3 is 4.90 Å². The Labute approximate surface area is 143 Å². The standard InChI is InChI=1S/C17H18BrNS2/c1-19(2)9-5-8-14-13-7-4-3-6-12(13)11-20-17-15(14)10-16(18)21-17/h3-4,6-8,10H,5,9,11H2,1-2H3/b14-8+. The van der Waals surface area contributed by atoms with Crippen molar-refractivity contribution in [3.8, 4) is 0 Å². The van der Waals surface area contributed by atoms with Gasteiger partial charge in [0.25, 0.3) is 0 Å². The van der Waals surface area contributed by atoms with E-state index in [0.29, 0.717) is 0 Å². The van der Waals surface area contributed by atoms with E-state index in [2.05, 4.69) is 71.3 Å². The summed E-state index contributed by atoms with van der Waals surface area (Å²) in [5.41, 5.74) is 5.63. The Kier molecular flexibility index (Phi) is 4.89. The van der Waals surface area contributed by atoms with Crippen LogP contribution in [0.4, 0.5) is 0 Å². The molecule has 0 unspecified atom stereocenters. The number of thioether (sulfide) groups is 1. The minimum atomic E-state index is 1.06. The van der Waals surface area contributed by atoms with Crippen LogP contribution >= 0.6 is 39.0 Å². The first-order valence-corrected chi connectivity index (χ1v) is 9.60. The molecular weight excluding hydrogens is 362 g/mol. The van der Waals surface area contributed by atoms with Crippen LogP contribution in [-0.2, 0) is 5.75 Å². The minimum Gasteiger partial charge on any atom is -0.309 e. The van der Waals surface area contributed by atoms with Crippen LogP contribution in [0.2, 0.25) is 0 Å². The number of halogens is 1. The zero-order valence-corrected chi connectivity index (χ0v) is 15.4. The molecule has 1 aromatic heterocycles. The molecule has 0 N–H and O–H groups in total. The minimum absolute atomic E-state index is 1.06. The zero-order chi connectivity index (χ0) is 14.8. The van der Waals surface area contributed by atoms with Crippen molar-refractivity contribution in [2.75, 3.05) is 20.6 Å². The number of hydrogen-bond donors (Lipinski definition) is 0. The monoisotopic (exact) mass is 379 g/mol. The van der Waals surface area contributed by atoms with E-state index in [4.69, 9.17) is 0 Å². The molecule has 2 aromatic rings. The number of fused-ring (bicyclic) bond motifs is 2. The van der Waals surface area contributed by atoms with Crippen molar-refractivity contribution in [1.82, 2.24) is 4.90 Å². The van der Waals surface area contributed by atoms with Crippen LogP contribution in [-0.4, -0.2) is 25.5 Å². The van der Waals surface area contributed by atoms with Crippen molar-refractivity contribution in [2.24, 2.45) is 0 Å². The molecule has 0 bridgehead atoms. The van der Waals surface area contributed by atoms with Gasteiger partial charge in [0.05, 0.1) is 8.00 Å². The fraction of sp³-hybridized carbons (Fsp3) is 0.294. The van der Waals surface area contributed by atoms with Gasteiger partial charge in [-0.15, -0.1) is 23.1 Å². The third-order valence-corrected chi connectivity index (χ3v) is 6.52. The van der Waals surface area contributed by atoms with Gasteiger partial charge in [0.15, 0.2) is 0 Å². The third-order valence-electron chi connectivity index (χ3n) is 3.55. The molecule has 3 rings (SSSR count). The summed E-state index contributed by atoms with van der Waals surface area (Å²) >= 11 is 7.45. The topological polar surface area (TPSA) is 3.24 Å². The van der Waals surface area contributed by atoms with Gasteiger partial charge in [-0.1, -0.05) is 30.3 Å². The van der Waals surface area contributed by atoms with Crippen molar-refractivity contribution in [2.45, 2.75) is 16.4 Å². The summed E-state index contributed by atoms with van der Waals surface area (Å²) in [5.74, 6) is 1.06. The summed E-state index contributed by atoms with van der Waals surface area (Å²) in [6.07, 6.45) is 3.48. The molecule has 4 heteroatoms. The molecule has 0 saturated heterocycles. The van der Waals surface area contributed by atoms with Crippen molar-refractivity contribution in [3.63, 3.8) is 0 Å². The molecule has 110 valence electrons. The predicted octanol–water partition coefficient (Wildman–Crippen LogP) is 5.50. The zero-order valence-electron chi connectivity index (χ0n) is 12.2. The average molecular weight is 380 g/mol. The van der Waals surface area contributed by atoms with Crippen LogP contribution in [0.25, 0.3) is 5.57 Å². The van der Waals surface area contributed by atoms with Crippen LogP contribution in [0.5, 0.6) is 0 Å². The van der Waals surface area contributed by atoms with Crippen molar-refractivity contribution >= 4 is 44.6 Å². The largest absolute Gasteiger partial charge is 0.309 e. The molecule has 21 heavy (non-hydrogen) atoms. The quantitative estimate of drug-likeness (QED) is 0.692. The van der Waals surface area contributed by atoms with Gasteiger partial charge in [0.1, 0.15) is 0 Å². The second-order valence-electron chi connectivity index (χ2n) is 5.41. The van der Waals surface area contributed by atoms with E-state index in [9.17, 15) is 0 Å². The number of rotatable bonds is 3. The van der Waals surface area contributed by atoms with Crippen LogP contribution in [0.1, 0.15) is 23.1 Å². The maximum atomic E-state index is 3.65. The lowest BCUT2D eigenvalue weighted by Gasteiger charge is -2.11. The smallest absolute Gasteiger partial charge is 0.0716 e. The van der Waals surface area contributed by atoms with Gasteiger partial charge in [-0.25, -0.2) is 0 Å². The maximum Gasteiger partial charge on any atom is 0.0716 e. The number of thiophene rings is 1. The van der Waals surface area contributed by atoms with Gasteiger partial charge >= 0.3 is 0 Å². The first-order chi connectivity index (χ1) is 10.1. The molecular formula is C17H18BrNS2. The Bertz CT molecular complexity index is 673. The summed E-state index contributed by atoms with van der Waals surface area (Å²) in [7, 11) is 4.25. The Morgan fingerprint density at radius 2 is 2.05 bits per heavy atom. The lowest BCUT2D eigenvalue weighted by Crippen LogP contribution is -2.12. The first kappa shape index (κ1) is 15.3. The van der Waals surface area contributed by atoms with Gasteiger partial charge in [0, 0.05) is 17.9 Å². The highest BCUT2D eigenvalue weighted by Gasteiger charge is 2.20. The fourth-order valence-electron chi connectivity index (χ4n) is 2.52. The van der Waals surface area contributed by atoms with E-state index < -0.39 is 0 Å². The molecule has 1 aromatic carbocycles. The van der Waals surface area contributed by atoms with Crippen LogP contribution in [0.15, 0.2) is 44.4 Å². The number of hydrogen-bond acceptors (Lipinski definition) is 3. The maximum absolute atomic E-state index is 3.65. The summed E-state index contributed by atoms with van der Waals surface area (Å²) in [4.78, 5) is 2.23. The van der Waals surface area contributed by atoms with Crippen molar-refractivity contribution in [3.05, 3.63) is 56.9 Å². The predicted molar refractivity (Wildman–Crippen MR) is 98.3 cm³/mol. The average Bonchev–Trinajstić information content (AvgIpc) is 2.76. The molecule has 0 aliphatic carbocycles. The van der Waals surface area contributed by atoms with E-state index in [0.717, 1.165) is 18.7 Å². The molecule has 0 atom stereocenters. The Hall–Kier alpha value is -0.550. The lowest BCUT2D eigenvalue weighted by atomic mass is 9.95. The van der Waals surface area contributed by atoms with E-state index >= 15 is 0 Å². The van der Waals surface area contributed by atoms with Crippen LogP contribution < -0.4 is 0 Å². The van der Waals surface area contributed by atoms with Gasteiger partial charge in [-0.05, 0) is 59.2 Å². The normalized spacial score (nSPS) is 15.9. The van der Waals surface area contributed by atoms with E-state index in [1.807, 2.05) is 23.1 Å². The summed E-state index contributed by atoms with van der Waals surface area (Å²) < 4.78 is 2.65. The molecule has 0 radical (unpaired) electrons. The summed E-state index contributed by atoms with van der Waals surface area (Å²) in [6.45, 7) is 1.08. The molecule has 0 spiro atoms. The highest BCUT2D eigenvalue weighted by Crippen LogP contribution is 2.45. The SMILES string of the molecule is CN(C)CC/C=C1\c2ccccc2CSc2sc(Br)cc21. The van der Waals surface area contributed by atoms with Gasteiger partial charge in [-0.2, -0.15) is 0 Å². The highest BCUT2D eigenvalue weighted by molar-refractivity contribution is 9.11. The second-order valence-corrected chi connectivity index (χ2v) is 9.08. The fourth-order valence-corrected chi connectivity index (χ4v) is 5.74. The van der Waals surface area contributed by atoms with Crippen molar-refractivity contribution < 1.29 is 0 Å². The Balaban J connectivity index is 2.06. The number of benzene rings is 1. The van der Waals surface area contributed by atoms with Gasteiger partial charge in [-0.3, -0.25) is 0 Å². The van der Waals surface area contributed by atoms with Gasteiger partial charge in [0.2, 0.25) is 0 Å². The molecule has 1 nitrogen and oxygen atoms in total. The summed E-state index contributed by atoms with van der Waals surface area (Å²) in [6, 6.07) is 11.1. The molecule has 2 heterocycles. The lowest BCUT2D eigenvalue weighted by molar-refractivity contribution is 0.417. The first-order valence-electron chi connectivity index (χ1n) is 7.01. The van der Waals surface area contributed by atoms with Crippen LogP contribution in [0.3, 0.4) is 0 Å². The van der Waals surface area contributed by atoms with E-state index in [1.165, 1.54) is 30.3 Å². The molecule has 0 fully saturated rings.